The zero-order chi connectivity index (χ0) is 81.0. The molecule has 0 amide bonds. The molecule has 0 unspecified atom stereocenters. The molecule has 8 nitrogen and oxygen atoms in total. The largest absolute Gasteiger partial charge is 0.456 e. The lowest BCUT2D eigenvalue weighted by Crippen LogP contribution is -1.86. The highest BCUT2D eigenvalue weighted by Crippen LogP contribution is 2.50. The third kappa shape index (κ3) is 10.8. The zero-order valence-corrected chi connectivity index (χ0v) is 67.4. The summed E-state index contributed by atoms with van der Waals surface area (Å²) in [7, 11) is 0. The lowest BCUT2D eigenvalue weighted by atomic mass is 9.93. The van der Waals surface area contributed by atoms with Crippen LogP contribution in [0.2, 0.25) is 0 Å². The van der Waals surface area contributed by atoms with E-state index in [1.54, 1.807) is 0 Å². The fourth-order valence-corrected chi connectivity index (χ4v) is 19.5. The van der Waals surface area contributed by atoms with Gasteiger partial charge in [0.2, 0.25) is 0 Å². The van der Waals surface area contributed by atoms with Crippen molar-refractivity contribution in [2.45, 2.75) is 41.5 Å². The van der Waals surface area contributed by atoms with Crippen molar-refractivity contribution in [2.24, 2.45) is 0 Å². The Morgan fingerprint density at radius 2 is 0.385 bits per heavy atom. The van der Waals surface area contributed by atoms with E-state index in [-0.39, 0.29) is 0 Å². The number of furan rings is 8. The molecule has 8 heteroatoms. The van der Waals surface area contributed by atoms with E-state index in [9.17, 15) is 0 Å². The molecule has 0 spiro atoms. The van der Waals surface area contributed by atoms with E-state index >= 15 is 0 Å². The van der Waals surface area contributed by atoms with Gasteiger partial charge in [0, 0.05) is 75.4 Å². The first-order valence-corrected chi connectivity index (χ1v) is 41.6. The molecule has 576 valence electrons. The summed E-state index contributed by atoms with van der Waals surface area (Å²) in [6, 6.07) is 116. The molecule has 0 aliphatic carbocycles. The summed E-state index contributed by atoms with van der Waals surface area (Å²) >= 11 is 0. The molecule has 0 saturated heterocycles. The molecular weight excluding hydrogens is 1500 g/mol. The minimum atomic E-state index is 0.807. The molecule has 26 aromatic rings. The topological polar surface area (TPSA) is 105 Å². The summed E-state index contributed by atoms with van der Waals surface area (Å²) in [6.45, 7) is 13.0. The van der Waals surface area contributed by atoms with E-state index in [4.69, 9.17) is 35.3 Å². The van der Waals surface area contributed by atoms with Crippen molar-refractivity contribution >= 4 is 176 Å². The summed E-state index contributed by atoms with van der Waals surface area (Å²) in [6.07, 6.45) is 0. The van der Waals surface area contributed by atoms with Gasteiger partial charge < -0.3 is 35.3 Å². The molecule has 0 bridgehead atoms. The van der Waals surface area contributed by atoms with Crippen LogP contribution in [0.4, 0.5) is 0 Å². The number of rotatable bonds is 8. The molecule has 0 radical (unpaired) electrons. The molecule has 0 aliphatic rings. The Morgan fingerprint density at radius 1 is 0.139 bits per heavy atom. The van der Waals surface area contributed by atoms with Gasteiger partial charge in [-0.15, -0.1) is 0 Å². The lowest BCUT2D eigenvalue weighted by molar-refractivity contribution is 0.659. The van der Waals surface area contributed by atoms with Gasteiger partial charge in [-0.3, -0.25) is 0 Å². The molecular formula is C114H72O8. The molecule has 26 rings (SSSR count). The van der Waals surface area contributed by atoms with Crippen LogP contribution in [0.25, 0.3) is 265 Å². The molecule has 18 aromatic carbocycles. The van der Waals surface area contributed by atoms with Crippen LogP contribution in [-0.4, -0.2) is 0 Å². The standard InChI is InChI=1S/C58H38O4.C56H34O4/c1-31-23-53-47(29-41(31)39-17-21-51-45(27-39)43-25-37(15-19-49(43)59-51)35-11-7-5-8-12-35)55-33(3)34(4)57-56(58(55)62-53)48-30-42(32(2)24-54(48)61-57)40-18-22-52-46(28-40)44-26-38(16-20-50(44)60-52)36-13-9-6-10-14-36;1-31-23-53-46(29-40(31)37-15-20-50-44(27-37)42-25-35(13-18-48(42)57-50)33-9-5-3-6-10-33)39-17-22-52-55(56(39)60-53)47-30-41(32(2)24-54(47)59-52)38-16-21-51-45(28-38)43-26-36(14-19-49(43)58-51)34-11-7-4-8-12-34/h5-30H,1-4H3;3-30H,1-2H3. The van der Waals surface area contributed by atoms with Crippen molar-refractivity contribution in [2.75, 3.05) is 0 Å². The monoisotopic (exact) mass is 1570 g/mol. The van der Waals surface area contributed by atoms with Gasteiger partial charge >= 0.3 is 0 Å². The maximum atomic E-state index is 6.94. The second kappa shape index (κ2) is 26.4. The molecule has 0 fully saturated rings. The van der Waals surface area contributed by atoms with Crippen molar-refractivity contribution in [3.8, 4) is 89.0 Å². The Kier molecular flexibility index (Phi) is 15.1. The molecule has 0 atom stereocenters. The molecule has 122 heavy (non-hydrogen) atoms. The highest BCUT2D eigenvalue weighted by atomic mass is 16.4. The van der Waals surface area contributed by atoms with E-state index in [1.807, 2.05) is 12.1 Å². The second-order valence-corrected chi connectivity index (χ2v) is 33.1. The van der Waals surface area contributed by atoms with Crippen molar-refractivity contribution in [1.82, 2.24) is 0 Å². The highest BCUT2D eigenvalue weighted by molar-refractivity contribution is 6.26. The van der Waals surface area contributed by atoms with Crippen molar-refractivity contribution in [3.05, 3.63) is 361 Å². The van der Waals surface area contributed by atoms with Gasteiger partial charge in [0.1, 0.15) is 89.3 Å². The Morgan fingerprint density at radius 3 is 0.730 bits per heavy atom. The molecule has 0 N–H and O–H groups in total. The first kappa shape index (κ1) is 69.5. The van der Waals surface area contributed by atoms with Crippen LogP contribution in [0.15, 0.2) is 363 Å². The predicted molar refractivity (Wildman–Crippen MR) is 503 cm³/mol. The van der Waals surface area contributed by atoms with E-state index in [0.717, 1.165) is 248 Å². The molecule has 8 aromatic heterocycles. The molecule has 8 heterocycles. The van der Waals surface area contributed by atoms with Crippen LogP contribution in [-0.2, 0) is 0 Å². The maximum Gasteiger partial charge on any atom is 0.147 e. The van der Waals surface area contributed by atoms with Crippen LogP contribution < -0.4 is 0 Å². The first-order valence-electron chi connectivity index (χ1n) is 41.6. The quantitative estimate of drug-likeness (QED) is 0.148. The molecule has 0 aliphatic heterocycles. The summed E-state index contributed by atoms with van der Waals surface area (Å²) in [5, 5.41) is 17.3. The van der Waals surface area contributed by atoms with Gasteiger partial charge in [0.25, 0.3) is 0 Å². The van der Waals surface area contributed by atoms with E-state index in [1.165, 1.54) is 50.1 Å². The number of aryl methyl sites for hydroxylation is 6. The van der Waals surface area contributed by atoms with Crippen molar-refractivity contribution in [1.29, 1.82) is 0 Å². The summed E-state index contributed by atoms with van der Waals surface area (Å²) in [5.41, 5.74) is 39.3. The fraction of sp³-hybridized carbons (Fsp3) is 0.0526. The summed E-state index contributed by atoms with van der Waals surface area (Å²) in [5.74, 6) is 0. The number of fused-ring (bicyclic) bond motifs is 26. The van der Waals surface area contributed by atoms with Gasteiger partial charge in [-0.05, 0) is 322 Å². The highest BCUT2D eigenvalue weighted by Gasteiger charge is 2.27. The van der Waals surface area contributed by atoms with Crippen LogP contribution >= 0.6 is 0 Å². The Labute approximate surface area is 697 Å². The van der Waals surface area contributed by atoms with Gasteiger partial charge in [-0.25, -0.2) is 0 Å². The second-order valence-electron chi connectivity index (χ2n) is 33.1. The first-order chi connectivity index (χ1) is 59.8. The van der Waals surface area contributed by atoms with Crippen molar-refractivity contribution in [3.63, 3.8) is 0 Å². The van der Waals surface area contributed by atoms with Gasteiger partial charge in [-0.1, -0.05) is 170 Å². The SMILES string of the molecule is Cc1cc2oc3c(c(C)c(C)c4oc5cc(C)c(-c6ccc7oc8ccc(-c9ccccc9)cc8c7c6)cc5c43)c2cc1-c1ccc2oc3ccc(-c4ccccc4)cc3c2c1.Cc1cc2oc3c(ccc4oc5cc(C)c(-c6ccc7oc8ccc(-c9ccccc9)cc8c7c6)cc5c43)c2cc1-c1ccc2oc3ccc(-c4ccccc4)cc3c2c1. The average molecular weight is 1570 g/mol. The third-order valence-corrected chi connectivity index (χ3v) is 25.9. The van der Waals surface area contributed by atoms with Crippen LogP contribution in [0.5, 0.6) is 0 Å². The Balaban J connectivity index is 0.000000134. The Bertz CT molecular complexity index is 8940. The minimum Gasteiger partial charge on any atom is -0.456 e. The normalized spacial score (nSPS) is 12.2. The predicted octanol–water partition coefficient (Wildman–Crippen LogP) is 33.8. The van der Waals surface area contributed by atoms with Crippen LogP contribution in [0.1, 0.15) is 33.4 Å². The average Bonchev–Trinajstić information content (AvgIpc) is 1.51. The van der Waals surface area contributed by atoms with E-state index < -0.39 is 0 Å². The number of hydrogen-bond donors (Lipinski definition) is 0. The number of hydrogen-bond acceptors (Lipinski definition) is 8. The summed E-state index contributed by atoms with van der Waals surface area (Å²) in [4.78, 5) is 0. The summed E-state index contributed by atoms with van der Waals surface area (Å²) < 4.78 is 52.4. The fourth-order valence-electron chi connectivity index (χ4n) is 19.5. The van der Waals surface area contributed by atoms with Crippen LogP contribution in [0, 0.1) is 41.5 Å². The Hall–Kier alpha value is -15.6. The minimum absolute atomic E-state index is 0.807. The van der Waals surface area contributed by atoms with E-state index in [0.29, 0.717) is 0 Å². The maximum absolute atomic E-state index is 6.94. The smallest absolute Gasteiger partial charge is 0.147 e. The lowest BCUT2D eigenvalue weighted by Gasteiger charge is -2.08. The van der Waals surface area contributed by atoms with Crippen molar-refractivity contribution < 1.29 is 35.3 Å². The van der Waals surface area contributed by atoms with Crippen LogP contribution in [0.3, 0.4) is 0 Å². The van der Waals surface area contributed by atoms with Gasteiger partial charge in [0.05, 0.1) is 10.8 Å². The number of benzene rings is 18. The third-order valence-electron chi connectivity index (χ3n) is 25.9. The van der Waals surface area contributed by atoms with Gasteiger partial charge in [0.15, 0.2) is 0 Å². The zero-order valence-electron chi connectivity index (χ0n) is 67.4. The van der Waals surface area contributed by atoms with Gasteiger partial charge in [-0.2, -0.15) is 0 Å². The van der Waals surface area contributed by atoms with E-state index in [2.05, 4.69) is 357 Å². The molecule has 0 saturated carbocycles.